The molecule has 0 aromatic carbocycles. The molecular formula is C24H34N2OS. The van der Waals surface area contributed by atoms with Gasteiger partial charge in [0.1, 0.15) is 5.76 Å². The number of nitrogens with zero attached hydrogens (tertiary/aromatic N) is 1. The molecule has 4 heterocycles. The third kappa shape index (κ3) is 3.31. The molecule has 0 amide bonds. The fourth-order valence-electron chi connectivity index (χ4n) is 5.42. The van der Waals surface area contributed by atoms with Crippen LogP contribution in [0.1, 0.15) is 73.0 Å². The highest BCUT2D eigenvalue weighted by atomic mass is 32.2. The summed E-state index contributed by atoms with van der Waals surface area (Å²) in [5.41, 5.74) is 3.05. The lowest BCUT2D eigenvalue weighted by Crippen LogP contribution is -2.45. The van der Waals surface area contributed by atoms with Gasteiger partial charge in [-0.2, -0.15) is 0 Å². The Bertz CT molecular complexity index is 959. The fraction of sp³-hybridized carbons (Fsp3) is 0.708. The molecule has 1 N–H and O–H groups in total. The Kier molecular flexibility index (Phi) is 3.55. The van der Waals surface area contributed by atoms with E-state index in [9.17, 15) is 0 Å². The third-order valence-electron chi connectivity index (χ3n) is 6.54. The van der Waals surface area contributed by atoms with Crippen molar-refractivity contribution in [2.24, 2.45) is 22.2 Å². The smallest absolute Gasteiger partial charge is 0.192 e. The van der Waals surface area contributed by atoms with Crippen LogP contribution in [0.3, 0.4) is 0 Å². The highest BCUT2D eigenvalue weighted by Gasteiger charge is 2.48. The monoisotopic (exact) mass is 403 g/mol. The Morgan fingerprint density at radius 1 is 1.36 bits per heavy atom. The Morgan fingerprint density at radius 3 is 3.07 bits per heavy atom. The lowest BCUT2D eigenvalue weighted by atomic mass is 9.75. The van der Waals surface area contributed by atoms with Gasteiger partial charge >= 0.3 is 0 Å². The van der Waals surface area contributed by atoms with Crippen LogP contribution in [0.5, 0.6) is 0 Å². The molecule has 4 heteroatoms. The zero-order valence-electron chi connectivity index (χ0n) is 22.0. The lowest BCUT2D eigenvalue weighted by molar-refractivity contribution is 0.128. The molecule has 5 atom stereocenters. The van der Waals surface area contributed by atoms with Crippen molar-refractivity contribution in [1.82, 2.24) is 5.32 Å². The number of allylic oxidation sites excluding steroid dienone is 2. The van der Waals surface area contributed by atoms with Crippen molar-refractivity contribution in [3.63, 3.8) is 0 Å². The van der Waals surface area contributed by atoms with E-state index in [2.05, 4.69) is 16.4 Å². The first-order valence-electron chi connectivity index (χ1n) is 13.2. The molecule has 0 aromatic heterocycles. The molecule has 152 valence electrons. The summed E-state index contributed by atoms with van der Waals surface area (Å²) in [5, 5.41) is 5.86. The maximum atomic E-state index is 8.83. The number of hydrogen-bond acceptors (Lipinski definition) is 4. The molecule has 0 saturated carbocycles. The number of fused-ring (bicyclic) bond motifs is 4. The summed E-state index contributed by atoms with van der Waals surface area (Å²) in [6, 6.07) is 0.100. The van der Waals surface area contributed by atoms with Crippen molar-refractivity contribution in [3.05, 3.63) is 34.0 Å². The summed E-state index contributed by atoms with van der Waals surface area (Å²) < 4.78 is 47.4. The average molecular weight is 404 g/mol. The summed E-state index contributed by atoms with van der Waals surface area (Å²) in [7, 11) is 0. The van der Waals surface area contributed by atoms with Crippen molar-refractivity contribution in [3.8, 4) is 0 Å². The van der Waals surface area contributed by atoms with E-state index in [1.807, 2.05) is 26.2 Å². The Hall–Kier alpha value is -1.00. The van der Waals surface area contributed by atoms with Gasteiger partial charge in [0.05, 0.1) is 5.25 Å². The van der Waals surface area contributed by atoms with Gasteiger partial charge in [-0.1, -0.05) is 26.8 Å². The quantitative estimate of drug-likeness (QED) is 0.651. The van der Waals surface area contributed by atoms with Gasteiger partial charge in [-0.05, 0) is 72.9 Å². The molecule has 0 radical (unpaired) electrons. The van der Waals surface area contributed by atoms with E-state index in [4.69, 9.17) is 11.6 Å². The lowest BCUT2D eigenvalue weighted by Gasteiger charge is -2.36. The van der Waals surface area contributed by atoms with Crippen LogP contribution < -0.4 is 5.32 Å². The van der Waals surface area contributed by atoms with E-state index in [1.165, 1.54) is 5.57 Å². The van der Waals surface area contributed by atoms with Crippen molar-refractivity contribution < 1.29 is 11.6 Å². The molecular weight excluding hydrogens is 364 g/mol. The van der Waals surface area contributed by atoms with Gasteiger partial charge in [0, 0.05) is 37.0 Å². The molecule has 4 unspecified atom stereocenters. The summed E-state index contributed by atoms with van der Waals surface area (Å²) in [6.45, 7) is 4.46. The Labute approximate surface area is 181 Å². The van der Waals surface area contributed by atoms with Crippen molar-refractivity contribution >= 4 is 17.5 Å². The Balaban J connectivity index is 1.44. The first-order chi connectivity index (χ1) is 15.4. The summed E-state index contributed by atoms with van der Waals surface area (Å²) in [5.74, 6) is 1.62. The zero-order valence-corrected chi connectivity index (χ0v) is 17.9. The number of hydrogen-bond donors (Lipinski definition) is 1. The number of aliphatic imine (C=N–C) groups is 1. The van der Waals surface area contributed by atoms with Gasteiger partial charge in [0.2, 0.25) is 0 Å². The number of ether oxygens (including phenoxy) is 1. The van der Waals surface area contributed by atoms with Crippen molar-refractivity contribution in [2.75, 3.05) is 6.54 Å². The first-order valence-corrected chi connectivity index (χ1v) is 11.6. The van der Waals surface area contributed by atoms with Gasteiger partial charge in [-0.25, -0.2) is 0 Å². The zero-order chi connectivity index (χ0) is 23.8. The van der Waals surface area contributed by atoms with E-state index in [-0.39, 0.29) is 23.4 Å². The largest absolute Gasteiger partial charge is 0.472 e. The van der Waals surface area contributed by atoms with Crippen LogP contribution in [0.2, 0.25) is 0 Å². The van der Waals surface area contributed by atoms with E-state index in [0.29, 0.717) is 24.6 Å². The van der Waals surface area contributed by atoms with Crippen LogP contribution >= 0.6 is 11.8 Å². The number of thioether (sulfide) groups is 1. The number of nitrogens with one attached hydrogen (secondary N) is 1. The molecule has 1 saturated heterocycles. The van der Waals surface area contributed by atoms with Gasteiger partial charge in [0.25, 0.3) is 0 Å². The summed E-state index contributed by atoms with van der Waals surface area (Å²) in [4.78, 5) is 4.56. The van der Waals surface area contributed by atoms with Crippen LogP contribution in [0, 0.1) is 17.3 Å². The SMILES string of the molecule is [2H]C([2H])([2H])C1=NC2OC3=C([C@@H]4NCC=C5C(C([2H])([2H])C(C)(C)C)=CSC54)CCCC3C2CC1. The van der Waals surface area contributed by atoms with Crippen LogP contribution in [-0.2, 0) is 4.74 Å². The van der Waals surface area contributed by atoms with Gasteiger partial charge in [0.15, 0.2) is 6.23 Å². The molecule has 0 bridgehead atoms. The Morgan fingerprint density at radius 2 is 2.25 bits per heavy atom. The van der Waals surface area contributed by atoms with Gasteiger partial charge < -0.3 is 10.1 Å². The van der Waals surface area contributed by atoms with E-state index >= 15 is 0 Å². The molecule has 5 rings (SSSR count). The predicted molar refractivity (Wildman–Crippen MR) is 118 cm³/mol. The second-order valence-corrected chi connectivity index (χ2v) is 10.7. The van der Waals surface area contributed by atoms with Crippen LogP contribution in [0.4, 0.5) is 0 Å². The summed E-state index contributed by atoms with van der Waals surface area (Å²) in [6.07, 6.45) is 4.86. The average Bonchev–Trinajstić information content (AvgIpc) is 3.33. The maximum Gasteiger partial charge on any atom is 0.192 e. The van der Waals surface area contributed by atoms with Gasteiger partial charge in [-0.3, -0.25) is 4.99 Å². The highest BCUT2D eigenvalue weighted by molar-refractivity contribution is 8.03. The third-order valence-corrected chi connectivity index (χ3v) is 7.73. The predicted octanol–water partition coefficient (Wildman–Crippen LogP) is 5.60. The molecule has 4 aliphatic heterocycles. The fourth-order valence-corrected chi connectivity index (χ4v) is 6.69. The van der Waals surface area contributed by atoms with E-state index in [0.717, 1.165) is 42.6 Å². The number of rotatable bonds is 2. The topological polar surface area (TPSA) is 33.6 Å². The van der Waals surface area contributed by atoms with Crippen LogP contribution in [-0.4, -0.2) is 29.8 Å². The highest BCUT2D eigenvalue weighted by Crippen LogP contribution is 2.51. The second-order valence-electron chi connectivity index (χ2n) is 9.68. The van der Waals surface area contributed by atoms with Crippen molar-refractivity contribution in [1.29, 1.82) is 0 Å². The molecule has 5 aliphatic rings. The molecule has 0 aromatic rings. The minimum Gasteiger partial charge on any atom is -0.472 e. The van der Waals surface area contributed by atoms with Gasteiger partial charge in [-0.15, -0.1) is 11.8 Å². The first kappa shape index (κ1) is 14.1. The molecule has 0 spiro atoms. The minimum absolute atomic E-state index is 0.100. The van der Waals surface area contributed by atoms with E-state index < -0.39 is 18.6 Å². The second kappa shape index (κ2) is 7.05. The minimum atomic E-state index is -2.14. The molecule has 28 heavy (non-hydrogen) atoms. The molecule has 1 fully saturated rings. The summed E-state index contributed by atoms with van der Waals surface area (Å²) >= 11 is 1.72. The molecule has 3 nitrogen and oxygen atoms in total. The van der Waals surface area contributed by atoms with Crippen LogP contribution in [0.15, 0.2) is 39.0 Å². The van der Waals surface area contributed by atoms with Crippen LogP contribution in [0.25, 0.3) is 0 Å². The van der Waals surface area contributed by atoms with E-state index in [1.54, 1.807) is 11.8 Å². The molecule has 1 aliphatic carbocycles. The standard InChI is InChI=1S/C24H34N2OS/c1-14-8-9-18-17-6-5-7-19(21(17)27-23(18)26-14)20-22-16(10-11-25-20)15(13-28-22)12-24(2,3)4/h10,13,17-18,20,22-23,25H,5-9,11-12H2,1-4H3/t17?,18?,20-,22?,23?/m0/s1/i1D3,12D2. The van der Waals surface area contributed by atoms with Crippen molar-refractivity contribution in [2.45, 2.75) is 83.6 Å². The maximum absolute atomic E-state index is 8.83. The normalized spacial score (nSPS) is 41.0.